The molecule has 0 radical (unpaired) electrons. The number of Topliss-reactive ketones (excluding diaryl/α,β-unsaturated/α-hetero) is 1. The first-order valence-electron chi connectivity index (χ1n) is 17.0. The van der Waals surface area contributed by atoms with Crippen molar-refractivity contribution < 1.29 is 9.59 Å². The van der Waals surface area contributed by atoms with E-state index in [0.717, 1.165) is 48.6 Å². The van der Waals surface area contributed by atoms with Crippen LogP contribution in [0.5, 0.6) is 0 Å². The van der Waals surface area contributed by atoms with Gasteiger partial charge in [-0.2, -0.15) is 0 Å². The maximum atomic E-state index is 14.2. The maximum Gasteiger partial charge on any atom is 0.239 e. The summed E-state index contributed by atoms with van der Waals surface area (Å²) in [6.45, 7) is 4.74. The highest BCUT2D eigenvalue weighted by Crippen LogP contribution is 2.28. The van der Waals surface area contributed by atoms with Crippen molar-refractivity contribution in [1.82, 2.24) is 15.1 Å². The fourth-order valence-corrected chi connectivity index (χ4v) is 7.21. The minimum Gasteiger partial charge on any atom is -0.340 e. The van der Waals surface area contributed by atoms with Crippen molar-refractivity contribution in [2.45, 2.75) is 69.4 Å². The second-order valence-electron chi connectivity index (χ2n) is 12.9. The zero-order valence-corrected chi connectivity index (χ0v) is 26.5. The van der Waals surface area contributed by atoms with E-state index >= 15 is 0 Å². The first-order valence-corrected chi connectivity index (χ1v) is 17.0. The number of carbonyl (C=O) groups is 2. The highest BCUT2D eigenvalue weighted by atomic mass is 16.2. The number of hydrogen-bond donors (Lipinski definition) is 1. The molecule has 1 amide bonds. The second-order valence-corrected chi connectivity index (χ2v) is 12.9. The average molecular weight is 602 g/mol. The van der Waals surface area contributed by atoms with Crippen LogP contribution in [0.3, 0.4) is 0 Å². The molecule has 5 heteroatoms. The van der Waals surface area contributed by atoms with Crippen molar-refractivity contribution >= 4 is 22.5 Å². The lowest BCUT2D eigenvalue weighted by Gasteiger charge is -2.30. The molecule has 4 aromatic rings. The third-order valence-electron chi connectivity index (χ3n) is 9.81. The van der Waals surface area contributed by atoms with Gasteiger partial charge in [0.1, 0.15) is 0 Å². The molecule has 4 aromatic carbocycles. The van der Waals surface area contributed by atoms with Crippen molar-refractivity contribution in [3.63, 3.8) is 0 Å². The van der Waals surface area contributed by atoms with Gasteiger partial charge in [-0.05, 0) is 86.1 Å². The zero-order valence-electron chi connectivity index (χ0n) is 26.5. The van der Waals surface area contributed by atoms with E-state index in [4.69, 9.17) is 0 Å². The van der Waals surface area contributed by atoms with Gasteiger partial charge in [0.25, 0.3) is 0 Å². The third kappa shape index (κ3) is 8.27. The van der Waals surface area contributed by atoms with Crippen LogP contribution in [0.15, 0.2) is 103 Å². The van der Waals surface area contributed by atoms with Gasteiger partial charge in [0, 0.05) is 37.0 Å². The van der Waals surface area contributed by atoms with Crippen LogP contribution >= 0.6 is 0 Å². The molecular weight excluding hydrogens is 554 g/mol. The number of carbonyl (C=O) groups excluding carboxylic acids is 2. The Balaban J connectivity index is 1.16. The lowest BCUT2D eigenvalue weighted by atomic mass is 9.90. The van der Waals surface area contributed by atoms with Gasteiger partial charge in [-0.1, -0.05) is 103 Å². The van der Waals surface area contributed by atoms with E-state index in [1.54, 1.807) is 0 Å². The molecule has 1 N–H and O–H groups in total. The Hall–Kier alpha value is -3.80. The van der Waals surface area contributed by atoms with Gasteiger partial charge in [-0.15, -0.1) is 0 Å². The molecule has 2 fully saturated rings. The van der Waals surface area contributed by atoms with Crippen LogP contribution in [0.4, 0.5) is 0 Å². The lowest BCUT2D eigenvalue weighted by Crippen LogP contribution is -2.47. The van der Waals surface area contributed by atoms with Crippen molar-refractivity contribution in [2.75, 3.05) is 32.7 Å². The fraction of sp³-hybridized carbons (Fsp3) is 0.400. The summed E-state index contributed by atoms with van der Waals surface area (Å²) in [6, 6.07) is 35.2. The minimum absolute atomic E-state index is 0.108. The van der Waals surface area contributed by atoms with Gasteiger partial charge in [-0.25, -0.2) is 0 Å². The molecule has 45 heavy (non-hydrogen) atoms. The zero-order chi connectivity index (χ0) is 30.8. The number of rotatable bonds is 12. The van der Waals surface area contributed by atoms with Crippen molar-refractivity contribution in [3.8, 4) is 0 Å². The van der Waals surface area contributed by atoms with Crippen molar-refractivity contribution in [1.29, 1.82) is 0 Å². The Morgan fingerprint density at radius 3 is 2.13 bits per heavy atom. The van der Waals surface area contributed by atoms with Gasteiger partial charge in [0.2, 0.25) is 5.91 Å². The summed E-state index contributed by atoms with van der Waals surface area (Å²) in [7, 11) is 0. The van der Waals surface area contributed by atoms with E-state index in [-0.39, 0.29) is 29.7 Å². The first-order chi connectivity index (χ1) is 22.1. The van der Waals surface area contributed by atoms with E-state index in [2.05, 4.69) is 87.9 Å². The summed E-state index contributed by atoms with van der Waals surface area (Å²) in [5.41, 5.74) is 3.23. The molecule has 0 spiro atoms. The van der Waals surface area contributed by atoms with Gasteiger partial charge in [-0.3, -0.25) is 9.59 Å². The SMILES string of the molecule is O=C(CC[C@@H]1CCN(CC(c2ccccc2)c2ccccc2)C(=O)[C@H](CCCN2CCCCC2)N1)c1ccc2ccccc2c1. The number of nitrogens with one attached hydrogen (secondary N) is 1. The van der Waals surface area contributed by atoms with Crippen LogP contribution in [-0.4, -0.2) is 66.3 Å². The summed E-state index contributed by atoms with van der Waals surface area (Å²) in [5.74, 6) is 0.482. The Kier molecular flexibility index (Phi) is 10.7. The molecule has 0 aliphatic carbocycles. The van der Waals surface area contributed by atoms with Crippen LogP contribution in [-0.2, 0) is 4.79 Å². The second kappa shape index (κ2) is 15.5. The molecule has 0 bridgehead atoms. The van der Waals surface area contributed by atoms with E-state index in [1.165, 1.54) is 43.5 Å². The van der Waals surface area contributed by atoms with Crippen LogP contribution in [0.25, 0.3) is 10.8 Å². The number of nitrogens with zero attached hydrogens (tertiary/aromatic N) is 2. The van der Waals surface area contributed by atoms with E-state index in [9.17, 15) is 9.59 Å². The van der Waals surface area contributed by atoms with Crippen LogP contribution in [0, 0.1) is 0 Å². The van der Waals surface area contributed by atoms with Gasteiger partial charge in [0.05, 0.1) is 6.04 Å². The fourth-order valence-electron chi connectivity index (χ4n) is 7.21. The first kappa shape index (κ1) is 31.2. The summed E-state index contributed by atoms with van der Waals surface area (Å²) in [5, 5.41) is 6.00. The number of hydrogen-bond acceptors (Lipinski definition) is 4. The van der Waals surface area contributed by atoms with Gasteiger partial charge >= 0.3 is 0 Å². The van der Waals surface area contributed by atoms with E-state index in [1.807, 2.05) is 30.3 Å². The van der Waals surface area contributed by atoms with Crippen LogP contribution < -0.4 is 5.32 Å². The molecule has 2 aliphatic rings. The molecule has 234 valence electrons. The number of benzene rings is 4. The van der Waals surface area contributed by atoms with E-state index < -0.39 is 0 Å². The number of piperidine rings is 1. The Labute approximate surface area is 268 Å². The average Bonchev–Trinajstić information content (AvgIpc) is 3.24. The predicted molar refractivity (Wildman–Crippen MR) is 184 cm³/mol. The van der Waals surface area contributed by atoms with E-state index in [0.29, 0.717) is 19.5 Å². The van der Waals surface area contributed by atoms with Crippen molar-refractivity contribution in [3.05, 3.63) is 120 Å². The third-order valence-corrected chi connectivity index (χ3v) is 9.81. The highest BCUT2D eigenvalue weighted by Gasteiger charge is 2.32. The molecule has 2 saturated heterocycles. The van der Waals surface area contributed by atoms with Gasteiger partial charge < -0.3 is 15.1 Å². The molecule has 0 unspecified atom stereocenters. The molecule has 2 heterocycles. The van der Waals surface area contributed by atoms with Crippen molar-refractivity contribution in [2.24, 2.45) is 0 Å². The summed E-state index contributed by atoms with van der Waals surface area (Å²) < 4.78 is 0. The monoisotopic (exact) mass is 601 g/mol. The number of fused-ring (bicyclic) bond motifs is 1. The standard InChI is InChI=1S/C40H47N3O2/c44-39(35-21-20-31-13-8-9-18-34(31)29-35)23-22-36-24-28-43(40(45)38(41-36)19-12-27-42-25-10-3-11-26-42)30-37(32-14-4-1-5-15-32)33-16-6-2-7-17-33/h1-2,4-9,13-18,20-21,29,36-38,41H,3,10-12,19,22-28,30H2/t36-,38+/m1/s1. The topological polar surface area (TPSA) is 52.7 Å². The predicted octanol–water partition coefficient (Wildman–Crippen LogP) is 7.46. The summed E-state index contributed by atoms with van der Waals surface area (Å²) in [4.78, 5) is 32.2. The summed E-state index contributed by atoms with van der Waals surface area (Å²) >= 11 is 0. The Morgan fingerprint density at radius 2 is 1.42 bits per heavy atom. The Morgan fingerprint density at radius 1 is 0.756 bits per heavy atom. The molecule has 2 aliphatic heterocycles. The van der Waals surface area contributed by atoms with Crippen LogP contribution in [0.2, 0.25) is 0 Å². The molecule has 0 aromatic heterocycles. The number of amides is 1. The maximum absolute atomic E-state index is 14.2. The quantitative estimate of drug-likeness (QED) is 0.171. The molecule has 6 rings (SSSR count). The molecular formula is C40H47N3O2. The normalized spacial score (nSPS) is 19.6. The Bertz CT molecular complexity index is 1490. The van der Waals surface area contributed by atoms with Gasteiger partial charge in [0.15, 0.2) is 5.78 Å². The molecule has 0 saturated carbocycles. The molecule has 2 atom stereocenters. The molecule has 5 nitrogen and oxygen atoms in total. The highest BCUT2D eigenvalue weighted by molar-refractivity contribution is 6.00. The lowest BCUT2D eigenvalue weighted by molar-refractivity contribution is -0.133. The number of likely N-dealkylation sites (tertiary alicyclic amines) is 1. The summed E-state index contributed by atoms with van der Waals surface area (Å²) in [6.07, 6.45) is 7.76. The van der Waals surface area contributed by atoms with Crippen LogP contribution in [0.1, 0.15) is 78.8 Å². The minimum atomic E-state index is -0.231. The largest absolute Gasteiger partial charge is 0.340 e. The smallest absolute Gasteiger partial charge is 0.239 e. The number of ketones is 1.